The fourth-order valence-corrected chi connectivity index (χ4v) is 1.73. The monoisotopic (exact) mass is 201 g/mol. The summed E-state index contributed by atoms with van der Waals surface area (Å²) in [6.45, 7) is 8.21. The number of hydrogen-bond acceptors (Lipinski definition) is 1. The van der Waals surface area contributed by atoms with Gasteiger partial charge in [-0.25, -0.2) is 0 Å². The molecule has 0 aromatic carbocycles. The molecule has 0 aliphatic heterocycles. The van der Waals surface area contributed by atoms with Gasteiger partial charge in [0, 0.05) is 11.4 Å². The zero-order valence-corrected chi connectivity index (χ0v) is 10.0. The molecule has 80 valence electrons. The van der Waals surface area contributed by atoms with Gasteiger partial charge in [-0.3, -0.25) is 4.98 Å². The Morgan fingerprint density at radius 2 is 1.80 bits per heavy atom. The summed E-state index contributed by atoms with van der Waals surface area (Å²) in [6.07, 6.45) is 7.39. The van der Waals surface area contributed by atoms with Gasteiger partial charge in [0.25, 0.3) is 0 Å². The second-order valence-corrected chi connectivity index (χ2v) is 3.80. The maximum Gasteiger partial charge on any atom is 0.0378 e. The zero-order chi connectivity index (χ0) is 11.3. The Bertz CT molecular complexity index is 366. The van der Waals surface area contributed by atoms with Crippen LogP contribution in [0.5, 0.6) is 0 Å². The lowest BCUT2D eigenvalue weighted by Gasteiger charge is -2.05. The van der Waals surface area contributed by atoms with Crippen molar-refractivity contribution >= 4 is 0 Å². The van der Waals surface area contributed by atoms with Crippen molar-refractivity contribution in [2.75, 3.05) is 0 Å². The third kappa shape index (κ3) is 3.70. The minimum Gasteiger partial charge on any atom is -0.258 e. The van der Waals surface area contributed by atoms with Gasteiger partial charge in [-0.2, -0.15) is 0 Å². The van der Waals surface area contributed by atoms with Gasteiger partial charge >= 0.3 is 0 Å². The molecular formula is C14H19N. The van der Waals surface area contributed by atoms with Crippen molar-refractivity contribution in [3.8, 4) is 0 Å². The van der Waals surface area contributed by atoms with Crippen LogP contribution in [0.1, 0.15) is 30.8 Å². The quantitative estimate of drug-likeness (QED) is 0.678. The molecule has 0 aliphatic rings. The van der Waals surface area contributed by atoms with Crippen LogP contribution in [-0.2, 0) is 6.42 Å². The number of aromatic nitrogens is 1. The van der Waals surface area contributed by atoms with Crippen molar-refractivity contribution in [1.29, 1.82) is 0 Å². The normalized spacial score (nSPS) is 12.4. The molecule has 1 aromatic rings. The fourth-order valence-electron chi connectivity index (χ4n) is 1.73. The molecule has 1 heterocycles. The average molecular weight is 201 g/mol. The largest absolute Gasteiger partial charge is 0.258 e. The highest BCUT2D eigenvalue weighted by molar-refractivity contribution is 5.29. The van der Waals surface area contributed by atoms with E-state index in [0.29, 0.717) is 0 Å². The molecule has 0 atom stereocenters. The molecule has 1 nitrogen and oxygen atoms in total. The lowest BCUT2D eigenvalue weighted by Crippen LogP contribution is -1.93. The topological polar surface area (TPSA) is 12.9 Å². The zero-order valence-electron chi connectivity index (χ0n) is 10.0. The maximum absolute atomic E-state index is 4.38. The first-order chi connectivity index (χ1) is 7.15. The molecule has 0 bridgehead atoms. The number of hydrogen-bond donors (Lipinski definition) is 0. The summed E-state index contributed by atoms with van der Waals surface area (Å²) in [5.41, 5.74) is 4.88. The minimum absolute atomic E-state index is 0.991. The van der Waals surface area contributed by atoms with Crippen molar-refractivity contribution < 1.29 is 0 Å². The Kier molecular flexibility index (Phi) is 4.29. The van der Waals surface area contributed by atoms with Crippen LogP contribution in [-0.4, -0.2) is 4.98 Å². The van der Waals surface area contributed by atoms with Gasteiger partial charge in [-0.15, -0.1) is 0 Å². The van der Waals surface area contributed by atoms with E-state index >= 15 is 0 Å². The van der Waals surface area contributed by atoms with Gasteiger partial charge in [-0.05, 0) is 57.4 Å². The van der Waals surface area contributed by atoms with Crippen molar-refractivity contribution in [2.45, 2.75) is 34.1 Å². The van der Waals surface area contributed by atoms with E-state index in [-0.39, 0.29) is 0 Å². The lowest BCUT2D eigenvalue weighted by atomic mass is 10.0. The molecule has 1 heteroatoms. The average Bonchev–Trinajstić information content (AvgIpc) is 2.15. The van der Waals surface area contributed by atoms with Gasteiger partial charge in [0.2, 0.25) is 0 Å². The molecule has 0 N–H and O–H groups in total. The van der Waals surface area contributed by atoms with Gasteiger partial charge in [0.15, 0.2) is 0 Å². The summed E-state index contributed by atoms with van der Waals surface area (Å²) in [4.78, 5) is 4.38. The molecule has 1 aromatic heterocycles. The fraction of sp³-hybridized carbons (Fsp3) is 0.357. The van der Waals surface area contributed by atoms with Crippen LogP contribution in [0.25, 0.3) is 0 Å². The first kappa shape index (κ1) is 11.7. The molecule has 0 radical (unpaired) electrons. The van der Waals surface area contributed by atoms with Crippen LogP contribution in [0.15, 0.2) is 35.9 Å². The number of pyridine rings is 1. The van der Waals surface area contributed by atoms with E-state index in [0.717, 1.165) is 17.8 Å². The molecule has 0 fully saturated rings. The molecule has 15 heavy (non-hydrogen) atoms. The standard InChI is InChI=1S/C14H19N/c1-5-7-13(6-2)10-14-8-11(3)15-12(4)9-14/h5-9H,10H2,1-4H3/b7-5-,13-6+. The van der Waals surface area contributed by atoms with Crippen molar-refractivity contribution in [1.82, 2.24) is 4.98 Å². The van der Waals surface area contributed by atoms with E-state index in [4.69, 9.17) is 0 Å². The SMILES string of the molecule is C/C=C\C(=C/C)Cc1cc(C)nc(C)c1. The summed E-state index contributed by atoms with van der Waals surface area (Å²) >= 11 is 0. The molecule has 1 rings (SSSR count). The van der Waals surface area contributed by atoms with E-state index < -0.39 is 0 Å². The van der Waals surface area contributed by atoms with Crippen molar-refractivity contribution in [3.63, 3.8) is 0 Å². The maximum atomic E-state index is 4.38. The van der Waals surface area contributed by atoms with E-state index in [1.807, 2.05) is 20.8 Å². The van der Waals surface area contributed by atoms with Crippen LogP contribution in [0.4, 0.5) is 0 Å². The lowest BCUT2D eigenvalue weighted by molar-refractivity contribution is 1.07. The summed E-state index contributed by atoms with van der Waals surface area (Å²) in [7, 11) is 0. The molecule has 0 saturated heterocycles. The Hall–Kier alpha value is -1.37. The smallest absolute Gasteiger partial charge is 0.0378 e. The van der Waals surface area contributed by atoms with Crippen molar-refractivity contribution in [3.05, 3.63) is 52.9 Å². The van der Waals surface area contributed by atoms with Crippen LogP contribution in [0.2, 0.25) is 0 Å². The Balaban J connectivity index is 2.88. The van der Waals surface area contributed by atoms with E-state index in [2.05, 4.69) is 42.3 Å². The van der Waals surface area contributed by atoms with Crippen LogP contribution in [0, 0.1) is 13.8 Å². The first-order valence-corrected chi connectivity index (χ1v) is 5.37. The highest BCUT2D eigenvalue weighted by atomic mass is 14.7. The Labute approximate surface area is 92.6 Å². The number of rotatable bonds is 3. The van der Waals surface area contributed by atoms with E-state index in [9.17, 15) is 0 Å². The number of allylic oxidation sites excluding steroid dienone is 4. The second-order valence-electron chi connectivity index (χ2n) is 3.80. The minimum atomic E-state index is 0.991. The summed E-state index contributed by atoms with van der Waals surface area (Å²) in [5.74, 6) is 0. The molecule has 0 amide bonds. The summed E-state index contributed by atoms with van der Waals surface area (Å²) in [6, 6.07) is 4.31. The molecule has 0 saturated carbocycles. The van der Waals surface area contributed by atoms with Crippen LogP contribution < -0.4 is 0 Å². The highest BCUT2D eigenvalue weighted by Crippen LogP contribution is 2.11. The predicted octanol–water partition coefficient (Wildman–Crippen LogP) is 3.76. The van der Waals surface area contributed by atoms with E-state index in [1.54, 1.807) is 0 Å². The molecule has 0 aliphatic carbocycles. The molecule has 0 unspecified atom stereocenters. The number of aryl methyl sites for hydroxylation is 2. The third-order valence-corrected chi connectivity index (χ3v) is 2.30. The van der Waals surface area contributed by atoms with Gasteiger partial charge < -0.3 is 0 Å². The Morgan fingerprint density at radius 1 is 1.20 bits per heavy atom. The van der Waals surface area contributed by atoms with E-state index in [1.165, 1.54) is 11.1 Å². The summed E-state index contributed by atoms with van der Waals surface area (Å²) in [5, 5.41) is 0. The highest BCUT2D eigenvalue weighted by Gasteiger charge is 1.98. The van der Waals surface area contributed by atoms with Gasteiger partial charge in [-0.1, -0.05) is 18.2 Å². The van der Waals surface area contributed by atoms with Crippen molar-refractivity contribution in [2.24, 2.45) is 0 Å². The first-order valence-electron chi connectivity index (χ1n) is 5.37. The third-order valence-electron chi connectivity index (χ3n) is 2.30. The second kappa shape index (κ2) is 5.50. The number of nitrogens with zero attached hydrogens (tertiary/aromatic N) is 1. The van der Waals surface area contributed by atoms with Crippen LogP contribution >= 0.6 is 0 Å². The van der Waals surface area contributed by atoms with Gasteiger partial charge in [0.1, 0.15) is 0 Å². The molecule has 0 spiro atoms. The Morgan fingerprint density at radius 3 is 2.27 bits per heavy atom. The predicted molar refractivity (Wildman–Crippen MR) is 66.0 cm³/mol. The van der Waals surface area contributed by atoms with Gasteiger partial charge in [0.05, 0.1) is 0 Å². The van der Waals surface area contributed by atoms with Crippen LogP contribution in [0.3, 0.4) is 0 Å². The summed E-state index contributed by atoms with van der Waals surface area (Å²) < 4.78 is 0. The molecular weight excluding hydrogens is 182 g/mol.